The van der Waals surface area contributed by atoms with Crippen LogP contribution in [0.4, 0.5) is 0 Å². The van der Waals surface area contributed by atoms with Crippen LogP contribution in [0.1, 0.15) is 31.4 Å². The number of likely N-dealkylation sites (tertiary alicyclic amines) is 1. The lowest BCUT2D eigenvalue weighted by Crippen LogP contribution is -2.55. The molecule has 2 fully saturated rings. The van der Waals surface area contributed by atoms with E-state index in [1.165, 1.54) is 6.26 Å². The van der Waals surface area contributed by atoms with Crippen molar-refractivity contribution in [1.29, 1.82) is 0 Å². The van der Waals surface area contributed by atoms with Gasteiger partial charge in [-0.1, -0.05) is 6.07 Å². The Morgan fingerprint density at radius 3 is 2.61 bits per heavy atom. The number of amides is 1. The van der Waals surface area contributed by atoms with Crippen LogP contribution in [0, 0.1) is 5.41 Å². The number of nitrogens with zero attached hydrogens (tertiary/aromatic N) is 2. The first-order chi connectivity index (χ1) is 10.9. The maximum Gasteiger partial charge on any atom is 0.228 e. The van der Waals surface area contributed by atoms with E-state index in [-0.39, 0.29) is 17.4 Å². The van der Waals surface area contributed by atoms with E-state index < -0.39 is 10.0 Å². The molecule has 23 heavy (non-hydrogen) atoms. The van der Waals surface area contributed by atoms with Crippen LogP contribution in [0.5, 0.6) is 0 Å². The summed E-state index contributed by atoms with van der Waals surface area (Å²) in [6.45, 7) is 1.52. The molecule has 2 heterocycles. The van der Waals surface area contributed by atoms with Crippen molar-refractivity contribution in [2.24, 2.45) is 5.41 Å². The number of hydrogen-bond acceptors (Lipinski definition) is 4. The van der Waals surface area contributed by atoms with Gasteiger partial charge in [-0.3, -0.25) is 9.78 Å². The standard InChI is InChI=1S/C16H23N3O3S/c1-23(21,22)18-14-11-16(12-14)5-8-19(9-6-16)15(20)10-13-4-2-3-7-17-13/h2-4,7,14,18H,5-6,8-12H2,1H3. The summed E-state index contributed by atoms with van der Waals surface area (Å²) in [6, 6.07) is 5.68. The van der Waals surface area contributed by atoms with E-state index in [2.05, 4.69) is 9.71 Å². The summed E-state index contributed by atoms with van der Waals surface area (Å²) in [7, 11) is -3.12. The minimum atomic E-state index is -3.12. The lowest BCUT2D eigenvalue weighted by molar-refractivity contribution is -0.134. The lowest BCUT2D eigenvalue weighted by atomic mass is 9.60. The number of pyridine rings is 1. The molecular formula is C16H23N3O3S. The second-order valence-corrected chi connectivity index (χ2v) is 8.65. The van der Waals surface area contributed by atoms with E-state index in [4.69, 9.17) is 0 Å². The van der Waals surface area contributed by atoms with Gasteiger partial charge in [-0.2, -0.15) is 0 Å². The van der Waals surface area contributed by atoms with Crippen molar-refractivity contribution in [1.82, 2.24) is 14.6 Å². The molecule has 3 rings (SSSR count). The number of carbonyl (C=O) groups excluding carboxylic acids is 1. The lowest BCUT2D eigenvalue weighted by Gasteiger charge is -2.52. The molecule has 0 radical (unpaired) electrons. The first-order valence-corrected chi connectivity index (χ1v) is 9.89. The molecule has 1 saturated carbocycles. The van der Waals surface area contributed by atoms with Crippen molar-refractivity contribution in [2.45, 2.75) is 38.1 Å². The van der Waals surface area contributed by atoms with Gasteiger partial charge in [-0.15, -0.1) is 0 Å². The van der Waals surface area contributed by atoms with Crippen molar-refractivity contribution in [3.8, 4) is 0 Å². The molecule has 1 aliphatic carbocycles. The fraction of sp³-hybridized carbons (Fsp3) is 0.625. The van der Waals surface area contributed by atoms with Crippen molar-refractivity contribution >= 4 is 15.9 Å². The zero-order chi connectivity index (χ0) is 16.5. The summed E-state index contributed by atoms with van der Waals surface area (Å²) in [5.74, 6) is 0.128. The number of hydrogen-bond donors (Lipinski definition) is 1. The SMILES string of the molecule is CS(=O)(=O)NC1CC2(CCN(C(=O)Cc3ccccn3)CC2)C1. The van der Waals surface area contributed by atoms with E-state index in [1.807, 2.05) is 23.1 Å². The highest BCUT2D eigenvalue weighted by molar-refractivity contribution is 7.88. The maximum absolute atomic E-state index is 12.3. The van der Waals surface area contributed by atoms with Gasteiger partial charge in [-0.05, 0) is 43.2 Å². The van der Waals surface area contributed by atoms with E-state index in [0.29, 0.717) is 6.42 Å². The van der Waals surface area contributed by atoms with Crippen LogP contribution in [-0.4, -0.2) is 49.6 Å². The van der Waals surface area contributed by atoms with E-state index >= 15 is 0 Å². The Labute approximate surface area is 137 Å². The fourth-order valence-electron chi connectivity index (χ4n) is 3.78. The summed E-state index contributed by atoms with van der Waals surface area (Å²) in [5.41, 5.74) is 1.03. The third-order valence-corrected chi connectivity index (χ3v) is 5.74. The molecule has 0 aromatic carbocycles. The number of carbonyl (C=O) groups is 1. The molecule has 1 N–H and O–H groups in total. The van der Waals surface area contributed by atoms with E-state index in [1.54, 1.807) is 6.20 Å². The highest BCUT2D eigenvalue weighted by atomic mass is 32.2. The third kappa shape index (κ3) is 4.09. The zero-order valence-electron chi connectivity index (χ0n) is 13.4. The van der Waals surface area contributed by atoms with Gasteiger partial charge in [0.05, 0.1) is 12.7 Å². The molecule has 1 spiro atoms. The number of nitrogens with one attached hydrogen (secondary N) is 1. The first-order valence-electron chi connectivity index (χ1n) is 8.00. The largest absolute Gasteiger partial charge is 0.342 e. The van der Waals surface area contributed by atoms with Gasteiger partial charge in [0, 0.05) is 31.0 Å². The van der Waals surface area contributed by atoms with Crippen LogP contribution >= 0.6 is 0 Å². The highest BCUT2D eigenvalue weighted by Crippen LogP contribution is 2.49. The minimum absolute atomic E-state index is 0.0702. The molecule has 0 atom stereocenters. The smallest absolute Gasteiger partial charge is 0.228 e. The molecule has 2 aliphatic rings. The third-order valence-electron chi connectivity index (χ3n) is 4.97. The second kappa shape index (κ2) is 6.20. The monoisotopic (exact) mass is 337 g/mol. The van der Waals surface area contributed by atoms with Gasteiger partial charge in [0.25, 0.3) is 0 Å². The average Bonchev–Trinajstić information content (AvgIpc) is 2.46. The van der Waals surface area contributed by atoms with Gasteiger partial charge in [0.1, 0.15) is 0 Å². The van der Waals surface area contributed by atoms with Crippen LogP contribution in [0.15, 0.2) is 24.4 Å². The topological polar surface area (TPSA) is 79.4 Å². The van der Waals surface area contributed by atoms with Crippen LogP contribution in [0.25, 0.3) is 0 Å². The summed E-state index contributed by atoms with van der Waals surface area (Å²) in [6.07, 6.45) is 6.97. The van der Waals surface area contributed by atoms with Gasteiger partial charge in [0.2, 0.25) is 15.9 Å². The Balaban J connectivity index is 1.47. The summed E-state index contributed by atoms with van der Waals surface area (Å²) >= 11 is 0. The number of piperidine rings is 1. The van der Waals surface area contributed by atoms with Gasteiger partial charge in [0.15, 0.2) is 0 Å². The summed E-state index contributed by atoms with van der Waals surface area (Å²) in [4.78, 5) is 18.4. The van der Waals surface area contributed by atoms with Crippen LogP contribution in [0.3, 0.4) is 0 Å². The Kier molecular flexibility index (Phi) is 4.42. The Hall–Kier alpha value is -1.47. The van der Waals surface area contributed by atoms with Gasteiger partial charge in [-0.25, -0.2) is 13.1 Å². The molecule has 6 nitrogen and oxygen atoms in total. The van der Waals surface area contributed by atoms with Crippen LogP contribution in [0.2, 0.25) is 0 Å². The molecular weight excluding hydrogens is 314 g/mol. The molecule has 0 bridgehead atoms. The molecule has 1 aromatic heterocycles. The normalized spacial score (nSPS) is 21.2. The molecule has 1 aromatic rings. The Morgan fingerprint density at radius 2 is 2.04 bits per heavy atom. The van der Waals surface area contributed by atoms with E-state index in [9.17, 15) is 13.2 Å². The number of aromatic nitrogens is 1. The molecule has 126 valence electrons. The highest BCUT2D eigenvalue weighted by Gasteiger charge is 2.46. The van der Waals surface area contributed by atoms with Crippen molar-refractivity contribution in [3.63, 3.8) is 0 Å². The number of sulfonamides is 1. The second-order valence-electron chi connectivity index (χ2n) is 6.87. The Morgan fingerprint density at radius 1 is 1.35 bits per heavy atom. The molecule has 7 heteroatoms. The quantitative estimate of drug-likeness (QED) is 0.887. The predicted octanol–water partition coefficient (Wildman–Crippen LogP) is 0.944. The van der Waals surface area contributed by atoms with Crippen molar-refractivity contribution in [2.75, 3.05) is 19.3 Å². The molecule has 0 unspecified atom stereocenters. The average molecular weight is 337 g/mol. The van der Waals surface area contributed by atoms with Crippen LogP contribution in [-0.2, 0) is 21.2 Å². The molecule has 1 aliphatic heterocycles. The maximum atomic E-state index is 12.3. The van der Waals surface area contributed by atoms with Gasteiger partial charge >= 0.3 is 0 Å². The van der Waals surface area contributed by atoms with E-state index in [0.717, 1.165) is 44.5 Å². The van der Waals surface area contributed by atoms with Crippen LogP contribution < -0.4 is 4.72 Å². The summed E-state index contributed by atoms with van der Waals surface area (Å²) in [5, 5.41) is 0. The molecule has 1 saturated heterocycles. The number of rotatable bonds is 4. The molecule has 1 amide bonds. The predicted molar refractivity (Wildman–Crippen MR) is 87.2 cm³/mol. The summed E-state index contributed by atoms with van der Waals surface area (Å²) < 4.78 is 25.2. The van der Waals surface area contributed by atoms with Gasteiger partial charge < -0.3 is 4.90 Å². The fourth-order valence-corrected chi connectivity index (χ4v) is 4.55. The minimum Gasteiger partial charge on any atom is -0.342 e. The van der Waals surface area contributed by atoms with Crippen molar-refractivity contribution < 1.29 is 13.2 Å². The zero-order valence-corrected chi connectivity index (χ0v) is 14.2. The first kappa shape index (κ1) is 16.4. The Bertz CT molecular complexity index is 659. The van der Waals surface area contributed by atoms with Crippen molar-refractivity contribution in [3.05, 3.63) is 30.1 Å².